The van der Waals surface area contributed by atoms with Crippen LogP contribution in [0.3, 0.4) is 0 Å². The van der Waals surface area contributed by atoms with Crippen molar-refractivity contribution in [2.45, 2.75) is 31.7 Å². The molecule has 0 bridgehead atoms. The zero-order valence-electron chi connectivity index (χ0n) is 12.6. The lowest BCUT2D eigenvalue weighted by atomic mass is 10.4. The van der Waals surface area contributed by atoms with Gasteiger partial charge in [-0.15, -0.1) is 11.3 Å². The van der Waals surface area contributed by atoms with E-state index in [1.165, 1.54) is 24.2 Å². The van der Waals surface area contributed by atoms with Crippen LogP contribution in [-0.4, -0.2) is 42.5 Å². The summed E-state index contributed by atoms with van der Waals surface area (Å²) in [5, 5.41) is 6.59. The third-order valence-electron chi connectivity index (χ3n) is 4.03. The van der Waals surface area contributed by atoms with Gasteiger partial charge in [0.15, 0.2) is 5.13 Å². The van der Waals surface area contributed by atoms with E-state index >= 15 is 0 Å². The molecule has 3 heterocycles. The van der Waals surface area contributed by atoms with Gasteiger partial charge in [-0.3, -0.25) is 9.59 Å². The Hall–Kier alpha value is -1.67. The molecule has 1 aliphatic heterocycles. The molecule has 6 nitrogen and oxygen atoms in total. The highest BCUT2D eigenvalue weighted by atomic mass is 32.1. The number of rotatable bonds is 5. The fraction of sp³-hybridized carbons (Fsp3) is 0.533. The van der Waals surface area contributed by atoms with Crippen molar-refractivity contribution < 1.29 is 9.59 Å². The van der Waals surface area contributed by atoms with Crippen LogP contribution >= 0.6 is 22.7 Å². The van der Waals surface area contributed by atoms with Gasteiger partial charge in [-0.05, 0) is 31.7 Å². The van der Waals surface area contributed by atoms with Crippen LogP contribution < -0.4 is 15.5 Å². The molecule has 0 unspecified atom stereocenters. The second kappa shape index (κ2) is 6.09. The highest BCUT2D eigenvalue weighted by Crippen LogP contribution is 2.35. The summed E-state index contributed by atoms with van der Waals surface area (Å²) in [5.41, 5.74) is 0. The van der Waals surface area contributed by atoms with Gasteiger partial charge in [-0.25, -0.2) is 4.98 Å². The highest BCUT2D eigenvalue weighted by molar-refractivity contribution is 7.29. The molecule has 0 radical (unpaired) electrons. The molecule has 23 heavy (non-hydrogen) atoms. The number of carbonyl (C=O) groups excluding carboxylic acids is 2. The summed E-state index contributed by atoms with van der Waals surface area (Å²) in [5.74, 6) is -0.317. The molecule has 1 saturated heterocycles. The maximum Gasteiger partial charge on any atom is 0.261 e. The minimum absolute atomic E-state index is 0.0351. The molecule has 2 aromatic rings. The fourth-order valence-corrected chi connectivity index (χ4v) is 4.81. The number of nitrogens with one attached hydrogen (secondary N) is 2. The van der Waals surface area contributed by atoms with Gasteiger partial charge < -0.3 is 15.5 Å². The van der Waals surface area contributed by atoms with Crippen LogP contribution in [0.5, 0.6) is 0 Å². The van der Waals surface area contributed by atoms with Crippen molar-refractivity contribution in [2.75, 3.05) is 24.5 Å². The molecule has 122 valence electrons. The van der Waals surface area contributed by atoms with Crippen molar-refractivity contribution in [1.29, 1.82) is 0 Å². The van der Waals surface area contributed by atoms with Crippen molar-refractivity contribution >= 4 is 49.1 Å². The molecule has 2 fully saturated rings. The summed E-state index contributed by atoms with van der Waals surface area (Å²) < 4.78 is 1.05. The van der Waals surface area contributed by atoms with E-state index in [4.69, 9.17) is 0 Å². The van der Waals surface area contributed by atoms with E-state index in [0.29, 0.717) is 10.9 Å². The van der Waals surface area contributed by atoms with Crippen molar-refractivity contribution in [1.82, 2.24) is 15.6 Å². The van der Waals surface area contributed by atoms with Crippen LogP contribution in [0.4, 0.5) is 5.13 Å². The van der Waals surface area contributed by atoms with Crippen LogP contribution in [-0.2, 0) is 4.79 Å². The first-order valence-corrected chi connectivity index (χ1v) is 9.55. The average molecular weight is 350 g/mol. The number of thiazole rings is 1. The van der Waals surface area contributed by atoms with E-state index in [0.717, 1.165) is 40.6 Å². The molecule has 2 N–H and O–H groups in total. The largest absolute Gasteiger partial charge is 0.352 e. The maximum absolute atomic E-state index is 12.1. The molecule has 2 aromatic heterocycles. The lowest BCUT2D eigenvalue weighted by Crippen LogP contribution is -2.37. The summed E-state index contributed by atoms with van der Waals surface area (Å²) in [6.07, 6.45) is 4.55. The van der Waals surface area contributed by atoms with Crippen molar-refractivity contribution in [2.24, 2.45) is 0 Å². The molecule has 0 spiro atoms. The van der Waals surface area contributed by atoms with Gasteiger partial charge in [0.25, 0.3) is 5.91 Å². The van der Waals surface area contributed by atoms with Crippen molar-refractivity contribution in [3.8, 4) is 0 Å². The Bertz CT molecular complexity index is 712. The molecular formula is C15H18N4O2S2. The van der Waals surface area contributed by atoms with Crippen molar-refractivity contribution in [3.05, 3.63) is 10.9 Å². The lowest BCUT2D eigenvalue weighted by Gasteiger charge is -2.11. The minimum atomic E-state index is -0.200. The Morgan fingerprint density at radius 3 is 2.74 bits per heavy atom. The minimum Gasteiger partial charge on any atom is -0.352 e. The number of anilines is 1. The number of thiophene rings is 1. The monoisotopic (exact) mass is 350 g/mol. The van der Waals surface area contributed by atoms with Gasteiger partial charge in [0, 0.05) is 19.1 Å². The summed E-state index contributed by atoms with van der Waals surface area (Å²) in [6.45, 7) is 2.18. The maximum atomic E-state index is 12.1. The second-order valence-electron chi connectivity index (χ2n) is 6.00. The summed E-state index contributed by atoms with van der Waals surface area (Å²) in [4.78, 5) is 32.2. The number of hydrogen-bond acceptors (Lipinski definition) is 6. The van der Waals surface area contributed by atoms with Crippen molar-refractivity contribution in [3.63, 3.8) is 0 Å². The average Bonchev–Trinajstić information content (AvgIpc) is 2.96. The summed E-state index contributed by atoms with van der Waals surface area (Å²) in [7, 11) is 0. The van der Waals surface area contributed by atoms with Gasteiger partial charge in [0.2, 0.25) is 5.91 Å². The Labute approximate surface area is 141 Å². The number of hydrogen-bond donors (Lipinski definition) is 2. The molecule has 4 rings (SSSR count). The van der Waals surface area contributed by atoms with Crippen LogP contribution in [0.1, 0.15) is 35.4 Å². The molecule has 8 heteroatoms. The van der Waals surface area contributed by atoms with Gasteiger partial charge in [-0.1, -0.05) is 11.3 Å². The fourth-order valence-electron chi connectivity index (χ4n) is 2.63. The SMILES string of the molecule is O=C(CNC(=O)c1cc2sc(N3CCCC3)nc2s1)NC1CC1. The Kier molecular flexibility index (Phi) is 3.94. The first kappa shape index (κ1) is 14.9. The molecule has 0 aromatic carbocycles. The quantitative estimate of drug-likeness (QED) is 0.865. The number of carbonyl (C=O) groups is 2. The third-order valence-corrected chi connectivity index (χ3v) is 6.25. The topological polar surface area (TPSA) is 74.3 Å². The Morgan fingerprint density at radius 1 is 1.26 bits per heavy atom. The Morgan fingerprint density at radius 2 is 2.04 bits per heavy atom. The predicted molar refractivity (Wildman–Crippen MR) is 92.4 cm³/mol. The van der Waals surface area contributed by atoms with E-state index < -0.39 is 0 Å². The zero-order chi connectivity index (χ0) is 15.8. The number of fused-ring (bicyclic) bond motifs is 1. The van der Waals surface area contributed by atoms with E-state index in [-0.39, 0.29) is 18.4 Å². The molecule has 0 atom stereocenters. The standard InChI is InChI=1S/C15H18N4O2S2/c20-12(17-9-3-4-9)8-16-13(21)10-7-11-14(22-10)18-15(23-11)19-5-1-2-6-19/h7,9H,1-6,8H2,(H,16,21)(H,17,20). The molecular weight excluding hydrogens is 332 g/mol. The molecule has 2 aliphatic rings. The normalized spacial score (nSPS) is 17.7. The number of aromatic nitrogens is 1. The predicted octanol–water partition coefficient (Wildman–Crippen LogP) is 1.97. The van der Waals surface area contributed by atoms with E-state index in [1.54, 1.807) is 11.3 Å². The number of nitrogens with zero attached hydrogens (tertiary/aromatic N) is 2. The first-order valence-electron chi connectivity index (χ1n) is 7.92. The molecule has 2 amide bonds. The highest BCUT2D eigenvalue weighted by Gasteiger charge is 2.23. The summed E-state index contributed by atoms with van der Waals surface area (Å²) in [6, 6.07) is 2.20. The zero-order valence-corrected chi connectivity index (χ0v) is 14.3. The molecule has 1 saturated carbocycles. The number of amides is 2. The third kappa shape index (κ3) is 3.32. The van der Waals surface area contributed by atoms with Gasteiger partial charge in [0.1, 0.15) is 4.83 Å². The Balaban J connectivity index is 1.38. The molecule has 1 aliphatic carbocycles. The van der Waals surface area contributed by atoms with Crippen LogP contribution in [0.2, 0.25) is 0 Å². The van der Waals surface area contributed by atoms with Crippen LogP contribution in [0.25, 0.3) is 9.53 Å². The van der Waals surface area contributed by atoms with E-state index in [2.05, 4.69) is 20.5 Å². The van der Waals surface area contributed by atoms with Gasteiger partial charge >= 0.3 is 0 Å². The van der Waals surface area contributed by atoms with Crippen LogP contribution in [0.15, 0.2) is 6.07 Å². The van der Waals surface area contributed by atoms with E-state index in [9.17, 15) is 9.59 Å². The van der Waals surface area contributed by atoms with Gasteiger partial charge in [0.05, 0.1) is 16.1 Å². The van der Waals surface area contributed by atoms with E-state index in [1.807, 2.05) is 6.07 Å². The smallest absolute Gasteiger partial charge is 0.261 e. The first-order chi connectivity index (χ1) is 11.2. The van der Waals surface area contributed by atoms with Crippen LogP contribution in [0, 0.1) is 0 Å². The second-order valence-corrected chi connectivity index (χ2v) is 8.03. The van der Waals surface area contributed by atoms with Gasteiger partial charge in [-0.2, -0.15) is 0 Å². The lowest BCUT2D eigenvalue weighted by molar-refractivity contribution is -0.120. The summed E-state index contributed by atoms with van der Waals surface area (Å²) >= 11 is 3.03.